The first-order valence-corrected chi connectivity index (χ1v) is 14.2. The zero-order valence-electron chi connectivity index (χ0n) is 24.2. The van der Waals surface area contributed by atoms with Gasteiger partial charge in [-0.3, -0.25) is 23.7 Å². The lowest BCUT2D eigenvalue weighted by Gasteiger charge is -2.26. The van der Waals surface area contributed by atoms with Crippen LogP contribution in [0.2, 0.25) is 0 Å². The standard InChI is InChI=1S/C27H31FN3O9P/c1-3-37-24(34)20(16-18-10-6-4-7-11-18)30-41(36,40-19-12-8-5-9-13-19)38-17-21-23(33)27(2,28)25(39-21)31-15-14-22(32)29-26(31)35/h4-15,20-21,23,25,33H,3,16-17H2,1-2H3,(H,30,36)(H,29,32,35)/t20?,21-,23-,25-,27-,41?/m1/s1/i14D,15D. The number of para-hydroxylation sites is 1. The first-order valence-electron chi connectivity index (χ1n) is 13.7. The van der Waals surface area contributed by atoms with Crippen LogP contribution >= 0.6 is 7.75 Å². The number of carbonyl (C=O) groups excluding carboxylic acids is 1. The Kier molecular flexibility index (Phi) is 8.68. The summed E-state index contributed by atoms with van der Waals surface area (Å²) in [5, 5.41) is 13.4. The molecule has 1 fully saturated rings. The number of rotatable bonds is 12. The average Bonchev–Trinajstić information content (AvgIpc) is 3.19. The van der Waals surface area contributed by atoms with Gasteiger partial charge < -0.3 is 19.1 Å². The number of alkyl halides is 1. The summed E-state index contributed by atoms with van der Waals surface area (Å²) >= 11 is 0. The van der Waals surface area contributed by atoms with Crippen LogP contribution in [0.5, 0.6) is 5.75 Å². The van der Waals surface area contributed by atoms with E-state index >= 15 is 4.39 Å². The molecule has 1 aliphatic heterocycles. The first kappa shape index (κ1) is 27.6. The lowest BCUT2D eigenvalue weighted by molar-refractivity contribution is -0.145. The Hall–Kier alpha value is -3.61. The number of nitrogens with zero attached hydrogens (tertiary/aromatic N) is 1. The molecule has 3 aromatic rings. The van der Waals surface area contributed by atoms with Crippen LogP contribution in [0.1, 0.15) is 28.4 Å². The van der Waals surface area contributed by atoms with Crippen LogP contribution in [-0.4, -0.2) is 57.8 Å². The first-order chi connectivity index (χ1) is 20.4. The Morgan fingerprint density at radius 3 is 2.56 bits per heavy atom. The third-order valence-electron chi connectivity index (χ3n) is 6.23. The van der Waals surface area contributed by atoms with Gasteiger partial charge in [-0.25, -0.2) is 13.8 Å². The van der Waals surface area contributed by atoms with E-state index in [1.54, 1.807) is 60.4 Å². The van der Waals surface area contributed by atoms with Crippen molar-refractivity contribution in [3.63, 3.8) is 0 Å². The highest BCUT2D eigenvalue weighted by Crippen LogP contribution is 2.47. The van der Waals surface area contributed by atoms with Gasteiger partial charge in [0.2, 0.25) is 0 Å². The highest BCUT2D eigenvalue weighted by atomic mass is 31.2. The molecule has 0 radical (unpaired) electrons. The molecule has 2 heterocycles. The van der Waals surface area contributed by atoms with E-state index < -0.39 is 73.9 Å². The molecule has 4 rings (SSSR count). The molecule has 2 unspecified atom stereocenters. The molecule has 0 spiro atoms. The lowest BCUT2D eigenvalue weighted by atomic mass is 9.98. The second-order valence-electron chi connectivity index (χ2n) is 9.31. The van der Waals surface area contributed by atoms with E-state index in [1.807, 2.05) is 0 Å². The van der Waals surface area contributed by atoms with Crippen molar-refractivity contribution >= 4 is 13.7 Å². The molecule has 1 aromatic heterocycles. The number of aliphatic hydroxyl groups is 1. The minimum atomic E-state index is -4.51. The number of hydrogen-bond acceptors (Lipinski definition) is 9. The fourth-order valence-corrected chi connectivity index (χ4v) is 5.69. The number of esters is 1. The predicted octanol–water partition coefficient (Wildman–Crippen LogP) is 2.49. The Balaban J connectivity index is 1.61. The van der Waals surface area contributed by atoms with Crippen molar-refractivity contribution in [2.24, 2.45) is 0 Å². The molecule has 0 amide bonds. The summed E-state index contributed by atoms with van der Waals surface area (Å²) in [4.78, 5) is 38.8. The number of nitrogens with one attached hydrogen (secondary N) is 2. The smallest absolute Gasteiger partial charge is 0.459 e. The van der Waals surface area contributed by atoms with Crippen molar-refractivity contribution in [1.82, 2.24) is 14.6 Å². The molecule has 6 atom stereocenters. The van der Waals surface area contributed by atoms with Crippen molar-refractivity contribution in [1.29, 1.82) is 0 Å². The normalized spacial score (nSPS) is 25.0. The summed E-state index contributed by atoms with van der Waals surface area (Å²) in [6.07, 6.45) is -6.41. The lowest BCUT2D eigenvalue weighted by Crippen LogP contribution is -2.44. The van der Waals surface area contributed by atoms with Gasteiger partial charge in [-0.15, -0.1) is 0 Å². The molecule has 3 N–H and O–H groups in total. The van der Waals surface area contributed by atoms with Crippen LogP contribution in [0, 0.1) is 0 Å². The van der Waals surface area contributed by atoms with E-state index in [0.29, 0.717) is 10.1 Å². The van der Waals surface area contributed by atoms with Gasteiger partial charge in [-0.1, -0.05) is 48.5 Å². The fraction of sp³-hybridized carbons (Fsp3) is 0.370. The maximum Gasteiger partial charge on any atom is 0.459 e. The summed E-state index contributed by atoms with van der Waals surface area (Å²) in [5.41, 5.74) is -4.40. The number of halogens is 1. The maximum absolute atomic E-state index is 15.8. The summed E-state index contributed by atoms with van der Waals surface area (Å²) in [5.74, 6) is -0.643. The Labute approximate surface area is 237 Å². The number of benzene rings is 2. The van der Waals surface area contributed by atoms with E-state index in [-0.39, 0.29) is 18.8 Å². The number of aliphatic hydroxyl groups excluding tert-OH is 1. The van der Waals surface area contributed by atoms with Gasteiger partial charge in [-0.05, 0) is 38.0 Å². The van der Waals surface area contributed by atoms with Gasteiger partial charge in [0.15, 0.2) is 11.9 Å². The number of aromatic nitrogens is 2. The second-order valence-corrected chi connectivity index (χ2v) is 11.0. The van der Waals surface area contributed by atoms with E-state index in [2.05, 4.69) is 5.09 Å². The van der Waals surface area contributed by atoms with Crippen molar-refractivity contribution < 1.29 is 40.1 Å². The Morgan fingerprint density at radius 2 is 1.90 bits per heavy atom. The van der Waals surface area contributed by atoms with Crippen molar-refractivity contribution in [3.05, 3.63) is 99.3 Å². The van der Waals surface area contributed by atoms with Crippen molar-refractivity contribution in [2.45, 2.75) is 50.4 Å². The van der Waals surface area contributed by atoms with Gasteiger partial charge in [0.25, 0.3) is 5.56 Å². The van der Waals surface area contributed by atoms with Crippen molar-refractivity contribution in [2.75, 3.05) is 13.2 Å². The Morgan fingerprint density at radius 1 is 1.24 bits per heavy atom. The molecule has 12 nitrogen and oxygen atoms in total. The van der Waals surface area contributed by atoms with Gasteiger partial charge >= 0.3 is 19.4 Å². The van der Waals surface area contributed by atoms with Crippen molar-refractivity contribution in [3.8, 4) is 5.75 Å². The second kappa shape index (κ2) is 12.9. The van der Waals surface area contributed by atoms with Gasteiger partial charge in [0.1, 0.15) is 24.0 Å². The third-order valence-corrected chi connectivity index (χ3v) is 7.79. The highest BCUT2D eigenvalue weighted by molar-refractivity contribution is 7.52. The van der Waals surface area contributed by atoms with Crippen LogP contribution < -0.4 is 20.9 Å². The molecule has 41 heavy (non-hydrogen) atoms. The van der Waals surface area contributed by atoms with Gasteiger partial charge in [0.05, 0.1) is 16.0 Å². The number of hydrogen-bond donors (Lipinski definition) is 3. The number of ether oxygens (including phenoxy) is 2. The molecule has 0 aliphatic carbocycles. The monoisotopic (exact) mass is 593 g/mol. The fourth-order valence-electron chi connectivity index (χ4n) is 4.19. The summed E-state index contributed by atoms with van der Waals surface area (Å²) < 4.78 is 68.0. The van der Waals surface area contributed by atoms with Crippen LogP contribution in [0.15, 0.2) is 82.5 Å². The van der Waals surface area contributed by atoms with E-state index in [0.717, 1.165) is 6.92 Å². The van der Waals surface area contributed by atoms with Gasteiger partial charge in [0, 0.05) is 12.2 Å². The minimum Gasteiger partial charge on any atom is -0.465 e. The summed E-state index contributed by atoms with van der Waals surface area (Å²) in [6, 6.07) is 14.6. The average molecular weight is 594 g/mol. The van der Waals surface area contributed by atoms with Crippen LogP contribution in [0.3, 0.4) is 0 Å². The van der Waals surface area contributed by atoms with E-state index in [1.165, 1.54) is 12.1 Å². The Bertz CT molecular complexity index is 1590. The molecule has 220 valence electrons. The molecular weight excluding hydrogens is 560 g/mol. The van der Waals surface area contributed by atoms with E-state index in [4.69, 9.17) is 21.3 Å². The molecule has 14 heteroatoms. The van der Waals surface area contributed by atoms with Gasteiger partial charge in [-0.2, -0.15) is 5.09 Å². The predicted molar refractivity (Wildman–Crippen MR) is 145 cm³/mol. The zero-order chi connectivity index (χ0) is 31.4. The SMILES string of the molecule is [2H]c1c([2H])n([C@@H]2O[C@H](COP(=O)(NC(Cc3ccccc3)C(=O)OCC)Oc3ccccc3)[C@@H](O)[C@@]2(C)F)c(=O)[nH]c1=O. The number of carbonyl (C=O) groups is 1. The quantitative estimate of drug-likeness (QED) is 0.210. The van der Waals surface area contributed by atoms with E-state index in [9.17, 15) is 24.1 Å². The maximum atomic E-state index is 15.8. The summed E-state index contributed by atoms with van der Waals surface area (Å²) in [6.45, 7) is 1.78. The molecule has 0 saturated carbocycles. The largest absolute Gasteiger partial charge is 0.465 e. The number of aromatic amines is 1. The summed E-state index contributed by atoms with van der Waals surface area (Å²) in [7, 11) is -4.51. The molecule has 1 aliphatic rings. The molecule has 0 bridgehead atoms. The minimum absolute atomic E-state index is 0.0369. The molecular formula is C27H31FN3O9P. The molecule has 2 aromatic carbocycles. The third kappa shape index (κ3) is 7.38. The highest BCUT2D eigenvalue weighted by Gasteiger charge is 2.56. The zero-order valence-corrected chi connectivity index (χ0v) is 23.1. The number of H-pyrrole nitrogens is 1. The van der Waals surface area contributed by atoms with Crippen LogP contribution in [0.25, 0.3) is 0 Å². The molecule has 1 saturated heterocycles. The topological polar surface area (TPSA) is 158 Å². The van der Waals surface area contributed by atoms with Crippen LogP contribution in [0.4, 0.5) is 4.39 Å². The van der Waals surface area contributed by atoms with Crippen LogP contribution in [-0.2, 0) is 29.8 Å².